The third-order valence-corrected chi connectivity index (χ3v) is 6.71. The number of carboxylic acids is 1. The molecule has 4 N–H and O–H groups in total. The van der Waals surface area contributed by atoms with E-state index in [0.717, 1.165) is 0 Å². The third kappa shape index (κ3) is 7.12. The highest BCUT2D eigenvalue weighted by Crippen LogP contribution is 2.36. The summed E-state index contributed by atoms with van der Waals surface area (Å²) in [6.07, 6.45) is 0.0824. The Balaban J connectivity index is 1.86. The molecule has 0 bridgehead atoms. The maximum Gasteiger partial charge on any atom is 0.323 e. The number of aromatic nitrogens is 1. The molecule has 1 aromatic heterocycles. The van der Waals surface area contributed by atoms with Crippen molar-refractivity contribution in [1.29, 1.82) is 0 Å². The van der Waals surface area contributed by atoms with E-state index in [2.05, 4.69) is 15.6 Å². The molecule has 0 spiro atoms. The fourth-order valence-electron chi connectivity index (χ4n) is 4.20. The van der Waals surface area contributed by atoms with Crippen LogP contribution in [0.2, 0.25) is 10.3 Å². The standard InChI is InChI=1S/C26H31Cl2N5O7/c1-15(22(36)33(39)25(2,3)4)32-10-9-26(23(32)37,31-24(38)29-13-21(34)35)17-5-7-18(8-6-17)40-14-16-11-19(27)30-20(28)12-16/h5-8,11-12,15,39H,9-10,13-14H2,1-4H3,(H,34,35)(H2,29,31,38)/t15-,26?/m1/s1. The van der Waals surface area contributed by atoms with Crippen LogP contribution in [0.25, 0.3) is 0 Å². The second kappa shape index (κ2) is 12.3. The second-order valence-electron chi connectivity index (χ2n) is 10.3. The minimum atomic E-state index is -1.61. The van der Waals surface area contributed by atoms with E-state index < -0.39 is 47.5 Å². The number of hydrogen-bond donors (Lipinski definition) is 4. The van der Waals surface area contributed by atoms with Crippen LogP contribution in [0, 0.1) is 0 Å². The molecule has 1 aliphatic rings. The molecule has 2 aromatic rings. The van der Waals surface area contributed by atoms with Gasteiger partial charge in [-0.25, -0.2) is 14.8 Å². The number of ether oxygens (including phenoxy) is 1. The van der Waals surface area contributed by atoms with Gasteiger partial charge in [0.1, 0.15) is 40.8 Å². The lowest BCUT2D eigenvalue weighted by Gasteiger charge is -2.35. The molecule has 4 amide bonds. The number of carbonyl (C=O) groups is 4. The number of likely N-dealkylation sites (tertiary alicyclic amines) is 1. The summed E-state index contributed by atoms with van der Waals surface area (Å²) in [7, 11) is 0. The minimum Gasteiger partial charge on any atom is -0.489 e. The number of hydroxylamine groups is 2. The van der Waals surface area contributed by atoms with Crippen molar-refractivity contribution < 1.29 is 34.2 Å². The smallest absolute Gasteiger partial charge is 0.323 e. The molecule has 1 saturated heterocycles. The number of urea groups is 1. The topological polar surface area (TPSA) is 161 Å². The number of pyridine rings is 1. The summed E-state index contributed by atoms with van der Waals surface area (Å²) < 4.78 is 5.79. The Labute approximate surface area is 241 Å². The van der Waals surface area contributed by atoms with E-state index in [-0.39, 0.29) is 29.9 Å². The van der Waals surface area contributed by atoms with Gasteiger partial charge < -0.3 is 25.4 Å². The van der Waals surface area contributed by atoms with Crippen LogP contribution in [0.1, 0.15) is 45.2 Å². The number of nitrogens with one attached hydrogen (secondary N) is 2. The van der Waals surface area contributed by atoms with Gasteiger partial charge in [-0.2, -0.15) is 0 Å². The lowest BCUT2D eigenvalue weighted by atomic mass is 9.88. The van der Waals surface area contributed by atoms with E-state index in [1.54, 1.807) is 57.2 Å². The highest BCUT2D eigenvalue weighted by atomic mass is 35.5. The van der Waals surface area contributed by atoms with Crippen molar-refractivity contribution in [3.8, 4) is 5.75 Å². The summed E-state index contributed by atoms with van der Waals surface area (Å²) in [6, 6.07) is 7.72. The normalized spacial score (nSPS) is 17.8. The Morgan fingerprint density at radius 3 is 2.33 bits per heavy atom. The number of rotatable bonds is 9. The number of carboxylic acid groups (broad SMARTS) is 1. The van der Waals surface area contributed by atoms with E-state index in [9.17, 15) is 24.4 Å². The van der Waals surface area contributed by atoms with E-state index >= 15 is 0 Å². The van der Waals surface area contributed by atoms with Crippen molar-refractivity contribution in [1.82, 2.24) is 25.6 Å². The molecule has 2 atom stereocenters. The van der Waals surface area contributed by atoms with Crippen LogP contribution in [0.5, 0.6) is 5.75 Å². The van der Waals surface area contributed by atoms with Gasteiger partial charge >= 0.3 is 12.0 Å². The van der Waals surface area contributed by atoms with Gasteiger partial charge in [0.25, 0.3) is 11.8 Å². The Morgan fingerprint density at radius 2 is 1.77 bits per heavy atom. The number of aliphatic carboxylic acids is 1. The second-order valence-corrected chi connectivity index (χ2v) is 11.1. The number of halogens is 2. The van der Waals surface area contributed by atoms with Crippen LogP contribution in [-0.2, 0) is 26.5 Å². The number of nitrogens with zero attached hydrogens (tertiary/aromatic N) is 3. The van der Waals surface area contributed by atoms with Crippen LogP contribution >= 0.6 is 23.2 Å². The first-order valence-corrected chi connectivity index (χ1v) is 13.1. The maximum atomic E-state index is 13.8. The number of carbonyl (C=O) groups excluding carboxylic acids is 3. The number of benzene rings is 1. The highest BCUT2D eigenvalue weighted by Gasteiger charge is 2.52. The Bertz CT molecular complexity index is 1260. The van der Waals surface area contributed by atoms with Gasteiger partial charge in [-0.15, -0.1) is 0 Å². The van der Waals surface area contributed by atoms with Gasteiger partial charge in [0, 0.05) is 13.0 Å². The van der Waals surface area contributed by atoms with Crippen molar-refractivity contribution in [3.05, 3.63) is 57.8 Å². The average molecular weight is 596 g/mol. The molecule has 14 heteroatoms. The van der Waals surface area contributed by atoms with Crippen LogP contribution in [0.15, 0.2) is 36.4 Å². The van der Waals surface area contributed by atoms with E-state index in [4.69, 9.17) is 33.0 Å². The van der Waals surface area contributed by atoms with Gasteiger partial charge in [-0.1, -0.05) is 35.3 Å². The van der Waals surface area contributed by atoms with E-state index in [1.807, 2.05) is 0 Å². The first-order valence-electron chi connectivity index (χ1n) is 12.3. The fourth-order valence-corrected chi connectivity index (χ4v) is 4.71. The molecule has 3 rings (SSSR count). The third-order valence-electron chi connectivity index (χ3n) is 6.33. The summed E-state index contributed by atoms with van der Waals surface area (Å²) in [4.78, 5) is 55.5. The number of amides is 4. The zero-order chi connectivity index (χ0) is 29.8. The van der Waals surface area contributed by atoms with Gasteiger partial charge in [0.2, 0.25) is 0 Å². The molecule has 12 nitrogen and oxygen atoms in total. The molecule has 0 aliphatic carbocycles. The van der Waals surface area contributed by atoms with Crippen molar-refractivity contribution >= 4 is 47.0 Å². The molecule has 0 saturated carbocycles. The molecule has 1 fully saturated rings. The van der Waals surface area contributed by atoms with Crippen molar-refractivity contribution in [3.63, 3.8) is 0 Å². The monoisotopic (exact) mass is 595 g/mol. The minimum absolute atomic E-state index is 0.0824. The quantitative estimate of drug-likeness (QED) is 0.195. The van der Waals surface area contributed by atoms with Crippen LogP contribution in [0.4, 0.5) is 4.79 Å². The molecule has 1 aromatic carbocycles. The first-order chi connectivity index (χ1) is 18.6. The summed E-state index contributed by atoms with van der Waals surface area (Å²) in [5, 5.41) is 25.1. The maximum absolute atomic E-state index is 13.8. The molecule has 216 valence electrons. The van der Waals surface area contributed by atoms with Crippen molar-refractivity contribution in [2.24, 2.45) is 0 Å². The zero-order valence-corrected chi connectivity index (χ0v) is 23.9. The molecular weight excluding hydrogens is 565 g/mol. The SMILES string of the molecule is C[C@H](C(=O)N(O)C(C)(C)C)N1CCC(NC(=O)NCC(=O)O)(c2ccc(OCc3cc(Cl)nc(Cl)c3)cc2)C1=O. The van der Waals surface area contributed by atoms with Crippen LogP contribution < -0.4 is 15.4 Å². The van der Waals surface area contributed by atoms with Crippen molar-refractivity contribution in [2.45, 2.75) is 57.8 Å². The first kappa shape index (κ1) is 30.9. The summed E-state index contributed by atoms with van der Waals surface area (Å²) in [5.74, 6) is -2.08. The summed E-state index contributed by atoms with van der Waals surface area (Å²) in [5.41, 5.74) is -1.42. The van der Waals surface area contributed by atoms with E-state index in [1.165, 1.54) is 11.8 Å². The molecule has 2 heterocycles. The lowest BCUT2D eigenvalue weighted by molar-refractivity contribution is -0.192. The molecule has 1 aliphatic heterocycles. The highest BCUT2D eigenvalue weighted by molar-refractivity contribution is 6.32. The fraction of sp³-hybridized carbons (Fsp3) is 0.423. The lowest BCUT2D eigenvalue weighted by Crippen LogP contribution is -2.58. The van der Waals surface area contributed by atoms with E-state index in [0.29, 0.717) is 21.9 Å². The summed E-state index contributed by atoms with van der Waals surface area (Å²) >= 11 is 11.9. The van der Waals surface area contributed by atoms with Gasteiger partial charge in [-0.3, -0.25) is 19.6 Å². The molecular formula is C26H31Cl2N5O7. The molecule has 40 heavy (non-hydrogen) atoms. The predicted octanol–water partition coefficient (Wildman–Crippen LogP) is 3.18. The molecule has 0 radical (unpaired) electrons. The zero-order valence-electron chi connectivity index (χ0n) is 22.4. The molecule has 1 unspecified atom stereocenters. The van der Waals surface area contributed by atoms with Gasteiger partial charge in [0.15, 0.2) is 0 Å². The van der Waals surface area contributed by atoms with Crippen LogP contribution in [0.3, 0.4) is 0 Å². The Kier molecular flexibility index (Phi) is 9.49. The predicted molar refractivity (Wildman–Crippen MR) is 145 cm³/mol. The van der Waals surface area contributed by atoms with Crippen LogP contribution in [-0.4, -0.2) is 73.7 Å². The summed E-state index contributed by atoms with van der Waals surface area (Å²) in [6.45, 7) is 5.99. The van der Waals surface area contributed by atoms with Gasteiger partial charge in [0.05, 0.1) is 5.54 Å². The van der Waals surface area contributed by atoms with Gasteiger partial charge in [-0.05, 0) is 63.1 Å². The average Bonchev–Trinajstić information content (AvgIpc) is 3.20. The Hall–Kier alpha value is -3.61. The number of hydrogen-bond acceptors (Lipinski definition) is 7. The Morgan fingerprint density at radius 1 is 1.18 bits per heavy atom. The largest absolute Gasteiger partial charge is 0.489 e. The van der Waals surface area contributed by atoms with Crippen molar-refractivity contribution in [2.75, 3.05) is 13.1 Å².